The van der Waals surface area contributed by atoms with Crippen LogP contribution in [0.4, 0.5) is 0 Å². The lowest BCUT2D eigenvalue weighted by atomic mass is 9.79. The zero-order valence-electron chi connectivity index (χ0n) is 25.4. The van der Waals surface area contributed by atoms with E-state index in [2.05, 4.69) is 45.3 Å². The van der Waals surface area contributed by atoms with Crippen molar-refractivity contribution in [2.75, 3.05) is 31.3 Å². The van der Waals surface area contributed by atoms with Crippen LogP contribution in [0.5, 0.6) is 0 Å². The zero-order chi connectivity index (χ0) is 30.1. The molecule has 1 aromatic rings. The van der Waals surface area contributed by atoms with E-state index in [1.54, 1.807) is 32.7 Å². The van der Waals surface area contributed by atoms with Crippen molar-refractivity contribution < 1.29 is 19.2 Å². The van der Waals surface area contributed by atoms with Gasteiger partial charge in [-0.1, -0.05) is 70.4 Å². The summed E-state index contributed by atoms with van der Waals surface area (Å²) < 4.78 is 3.13. The summed E-state index contributed by atoms with van der Waals surface area (Å²) in [6, 6.07) is 9.97. The molecule has 1 aliphatic carbocycles. The summed E-state index contributed by atoms with van der Waals surface area (Å²) in [6.07, 6.45) is 8.81. The van der Waals surface area contributed by atoms with Gasteiger partial charge in [0, 0.05) is 35.9 Å². The molecular weight excluding hydrogens is 569 g/mol. The Morgan fingerprint density at radius 3 is 2.31 bits per heavy atom. The summed E-state index contributed by atoms with van der Waals surface area (Å²) in [5, 5.41) is 3.24. The average molecular weight is 617 g/mol. The van der Waals surface area contributed by atoms with Crippen LogP contribution in [0.1, 0.15) is 77.7 Å². The molecule has 232 valence electrons. The summed E-state index contributed by atoms with van der Waals surface area (Å²) in [7, 11) is 0. The van der Waals surface area contributed by atoms with E-state index >= 15 is 0 Å². The van der Waals surface area contributed by atoms with E-state index in [9.17, 15) is 19.2 Å². The predicted molar refractivity (Wildman–Crippen MR) is 171 cm³/mol. The topological polar surface area (TPSA) is 98.8 Å². The van der Waals surface area contributed by atoms with Crippen LogP contribution in [0.3, 0.4) is 0 Å². The maximum absolute atomic E-state index is 12.9. The van der Waals surface area contributed by atoms with Gasteiger partial charge in [-0.25, -0.2) is 0 Å². The van der Waals surface area contributed by atoms with Crippen molar-refractivity contribution in [2.24, 2.45) is 17.3 Å². The monoisotopic (exact) mass is 616 g/mol. The molecule has 1 saturated carbocycles. The molecule has 10 heteroatoms. The van der Waals surface area contributed by atoms with Gasteiger partial charge in [0.15, 0.2) is 0 Å². The molecule has 8 nitrogen and oxygen atoms in total. The zero-order valence-corrected chi connectivity index (χ0v) is 27.1. The largest absolute Gasteiger partial charge is 0.354 e. The number of carbonyl (C=O) groups is 4. The quantitative estimate of drug-likeness (QED) is 0.276. The maximum Gasteiger partial charge on any atom is 0.291 e. The van der Waals surface area contributed by atoms with Gasteiger partial charge in [-0.15, -0.1) is 11.8 Å². The lowest BCUT2D eigenvalue weighted by Gasteiger charge is -2.40. The molecule has 3 aliphatic rings. The van der Waals surface area contributed by atoms with E-state index in [0.29, 0.717) is 28.7 Å². The van der Waals surface area contributed by atoms with Gasteiger partial charge in [0.2, 0.25) is 17.6 Å². The number of Topliss-reactive ketones (excluding diaryl/α,β-unsaturated/α-hetero) is 1. The Morgan fingerprint density at radius 1 is 0.976 bits per heavy atom. The minimum atomic E-state index is -0.796. The van der Waals surface area contributed by atoms with Crippen LogP contribution < -0.4 is 10.0 Å². The molecule has 3 fully saturated rings. The first-order valence-corrected chi connectivity index (χ1v) is 17.6. The fraction of sp³-hybridized carbons (Fsp3) is 0.688. The Bertz CT molecular complexity index is 1070. The second kappa shape index (κ2) is 15.6. The number of piperidine rings is 1. The highest BCUT2D eigenvalue weighted by Crippen LogP contribution is 2.39. The molecule has 0 spiro atoms. The molecule has 1 aromatic carbocycles. The van der Waals surface area contributed by atoms with Crippen molar-refractivity contribution in [1.82, 2.24) is 19.8 Å². The van der Waals surface area contributed by atoms with Crippen molar-refractivity contribution in [1.29, 1.82) is 0 Å². The number of carbonyl (C=O) groups excluding carboxylic acids is 4. The van der Waals surface area contributed by atoms with Crippen molar-refractivity contribution in [2.45, 2.75) is 90.0 Å². The normalized spacial score (nSPS) is 21.6. The first-order chi connectivity index (χ1) is 20.1. The van der Waals surface area contributed by atoms with E-state index < -0.39 is 23.1 Å². The van der Waals surface area contributed by atoms with Crippen LogP contribution in [0.2, 0.25) is 0 Å². The molecule has 4 rings (SSSR count). The summed E-state index contributed by atoms with van der Waals surface area (Å²) in [5.41, 5.74) is 0.563. The molecule has 2 N–H and O–H groups in total. The van der Waals surface area contributed by atoms with Gasteiger partial charge in [-0.05, 0) is 68.1 Å². The van der Waals surface area contributed by atoms with Gasteiger partial charge in [0.05, 0.1) is 5.88 Å². The third kappa shape index (κ3) is 9.23. The van der Waals surface area contributed by atoms with Gasteiger partial charge >= 0.3 is 0 Å². The molecule has 2 atom stereocenters. The number of nitrogens with one attached hydrogen (secondary N) is 2. The highest BCUT2D eigenvalue weighted by atomic mass is 32.2. The Hall–Kier alpha value is -2.04. The molecule has 2 saturated heterocycles. The predicted octanol–water partition coefficient (Wildman–Crippen LogP) is 4.63. The molecule has 2 aliphatic heterocycles. The van der Waals surface area contributed by atoms with Gasteiger partial charge in [-0.2, -0.15) is 0 Å². The van der Waals surface area contributed by atoms with Gasteiger partial charge in [-0.3, -0.25) is 28.8 Å². The van der Waals surface area contributed by atoms with Crippen LogP contribution in [0.25, 0.3) is 0 Å². The van der Waals surface area contributed by atoms with Crippen LogP contribution in [-0.2, 0) is 25.7 Å². The number of benzene rings is 1. The van der Waals surface area contributed by atoms with Crippen molar-refractivity contribution in [3.05, 3.63) is 35.9 Å². The number of hydrogen-bond donors (Lipinski definition) is 2. The maximum atomic E-state index is 12.9. The Morgan fingerprint density at radius 2 is 1.64 bits per heavy atom. The fourth-order valence-electron chi connectivity index (χ4n) is 6.23. The first-order valence-electron chi connectivity index (χ1n) is 15.5. The van der Waals surface area contributed by atoms with Crippen LogP contribution in [-0.4, -0.2) is 75.9 Å². The van der Waals surface area contributed by atoms with Crippen molar-refractivity contribution >= 4 is 47.2 Å². The Labute approximate surface area is 260 Å². The van der Waals surface area contributed by atoms with E-state index in [4.69, 9.17) is 0 Å². The third-order valence-corrected chi connectivity index (χ3v) is 11.1. The molecule has 3 amide bonds. The lowest BCUT2D eigenvalue weighted by Crippen LogP contribution is -2.51. The molecule has 0 radical (unpaired) electrons. The molecular formula is C32H48N4O4S2. The van der Waals surface area contributed by atoms with Crippen molar-refractivity contribution in [3.63, 3.8) is 0 Å². The second-order valence-corrected chi connectivity index (χ2v) is 15.0. The number of amides is 3. The van der Waals surface area contributed by atoms with E-state index in [0.717, 1.165) is 32.5 Å². The van der Waals surface area contributed by atoms with Crippen LogP contribution in [0.15, 0.2) is 30.3 Å². The SMILES string of the molecule is CC(C)(C)C(=O)C(=O)N1CSC[C@H]1C(=O)NCCC(=O)NSC(C1CCCCC1)C1CCN(Cc2ccccc2)CC1. The molecule has 0 aromatic heterocycles. The first kappa shape index (κ1) is 32.9. The Balaban J connectivity index is 1.23. The summed E-state index contributed by atoms with van der Waals surface area (Å²) >= 11 is 3.08. The molecule has 1 unspecified atom stereocenters. The average Bonchev–Trinajstić information content (AvgIpc) is 3.48. The van der Waals surface area contributed by atoms with Gasteiger partial charge in [0.1, 0.15) is 6.04 Å². The molecule has 2 heterocycles. The lowest BCUT2D eigenvalue weighted by molar-refractivity contribution is -0.150. The fourth-order valence-corrected chi connectivity index (χ4v) is 8.69. The second-order valence-electron chi connectivity index (χ2n) is 13.0. The van der Waals surface area contributed by atoms with E-state index in [1.807, 2.05) is 0 Å². The van der Waals surface area contributed by atoms with Crippen LogP contribution >= 0.6 is 23.7 Å². The summed E-state index contributed by atoms with van der Waals surface area (Å²) in [4.78, 5) is 54.8. The van der Waals surface area contributed by atoms with Crippen molar-refractivity contribution in [3.8, 4) is 0 Å². The van der Waals surface area contributed by atoms with Gasteiger partial charge in [0.25, 0.3) is 5.91 Å². The number of likely N-dealkylation sites (tertiary alicyclic amines) is 1. The third-order valence-electron chi connectivity index (χ3n) is 8.74. The van der Waals surface area contributed by atoms with Crippen LogP contribution in [0, 0.1) is 17.3 Å². The number of thioether (sulfide) groups is 1. The minimum absolute atomic E-state index is 0.0840. The standard InChI is InChI=1S/C32H48N4O4S2/c1-32(2,3)29(38)31(40)36-22-41-21-26(36)30(39)33-17-14-27(37)34-42-28(24-12-8-5-9-13-24)25-15-18-35(19-16-25)20-23-10-6-4-7-11-23/h4,6-7,10-11,24-26,28H,5,8-9,12-22H2,1-3H3,(H,33,39)(H,34,37)/t26-,28?/m0/s1. The summed E-state index contributed by atoms with van der Waals surface area (Å²) in [6.45, 7) is 8.48. The minimum Gasteiger partial charge on any atom is -0.354 e. The number of ketones is 1. The number of hydrogen-bond acceptors (Lipinski definition) is 7. The smallest absolute Gasteiger partial charge is 0.291 e. The molecule has 0 bridgehead atoms. The van der Waals surface area contributed by atoms with E-state index in [1.165, 1.54) is 54.3 Å². The number of rotatable bonds is 11. The summed E-state index contributed by atoms with van der Waals surface area (Å²) in [5.74, 6) is 0.499. The highest BCUT2D eigenvalue weighted by molar-refractivity contribution is 7.99. The number of nitrogens with zero attached hydrogens (tertiary/aromatic N) is 2. The van der Waals surface area contributed by atoms with Gasteiger partial charge < -0.3 is 10.2 Å². The van der Waals surface area contributed by atoms with E-state index in [-0.39, 0.29) is 24.8 Å². The Kier molecular flexibility index (Phi) is 12.2. The highest BCUT2D eigenvalue weighted by Gasteiger charge is 2.40. The molecule has 42 heavy (non-hydrogen) atoms.